The third-order valence-corrected chi connectivity index (χ3v) is 5.21. The van der Waals surface area contributed by atoms with Crippen LogP contribution in [0.15, 0.2) is 35.6 Å². The molecular weight excluding hydrogens is 373 g/mol. The van der Waals surface area contributed by atoms with Crippen LogP contribution < -0.4 is 4.74 Å². The number of hydrogen-bond acceptors (Lipinski definition) is 5. The van der Waals surface area contributed by atoms with Crippen LogP contribution >= 0.6 is 0 Å². The van der Waals surface area contributed by atoms with Crippen LogP contribution in [0.1, 0.15) is 23.7 Å². The van der Waals surface area contributed by atoms with Crippen molar-refractivity contribution >= 4 is 51.8 Å². The molecule has 0 aliphatic heterocycles. The van der Waals surface area contributed by atoms with Crippen LogP contribution in [0.4, 0.5) is 0 Å². The Morgan fingerprint density at radius 2 is 2.00 bits per heavy atom. The number of nitrogens with one attached hydrogen (secondary N) is 1. The normalized spacial score (nSPS) is 12.0. The van der Waals surface area contributed by atoms with Gasteiger partial charge in [-0.2, -0.15) is 4.98 Å². The Labute approximate surface area is 184 Å². The van der Waals surface area contributed by atoms with Crippen molar-refractivity contribution in [3.63, 3.8) is 0 Å². The van der Waals surface area contributed by atoms with Crippen LogP contribution in [0.25, 0.3) is 11.0 Å². The van der Waals surface area contributed by atoms with Gasteiger partial charge in [-0.15, -0.1) is 0 Å². The fourth-order valence-electron chi connectivity index (χ4n) is 2.61. The van der Waals surface area contributed by atoms with Crippen molar-refractivity contribution < 1.29 is 14.0 Å². The predicted octanol–water partition coefficient (Wildman–Crippen LogP) is 2.65. The Morgan fingerprint density at radius 3 is 2.78 bits per heavy atom. The number of hydrogen-bond donors (Lipinski definition) is 1. The summed E-state index contributed by atoms with van der Waals surface area (Å²) in [6, 6.07) is 7.75. The summed E-state index contributed by atoms with van der Waals surface area (Å²) in [5, 5.41) is 0.467. The summed E-state index contributed by atoms with van der Waals surface area (Å²) in [5.41, 5.74) is 4.47. The zero-order valence-corrected chi connectivity index (χ0v) is 16.1. The minimum atomic E-state index is -1.31. The summed E-state index contributed by atoms with van der Waals surface area (Å²) in [6.45, 7) is 7.57. The third kappa shape index (κ3) is 5.70. The van der Waals surface area contributed by atoms with Crippen molar-refractivity contribution in [3.05, 3.63) is 47.3 Å². The summed E-state index contributed by atoms with van der Waals surface area (Å²) in [5.74, 6) is 1.03. The summed E-state index contributed by atoms with van der Waals surface area (Å²) >= 11 is -1.31. The van der Waals surface area contributed by atoms with Crippen molar-refractivity contribution in [3.8, 4) is 5.75 Å². The van der Waals surface area contributed by atoms with Gasteiger partial charge in [0, 0.05) is 29.5 Å². The Kier molecular flexibility index (Phi) is 8.60. The number of H-pyrrole nitrogens is 1. The molecule has 1 aromatic carbocycles. The molecule has 3 rings (SSSR count). The van der Waals surface area contributed by atoms with Crippen molar-refractivity contribution in [2.75, 3.05) is 19.8 Å². The molecule has 1 unspecified atom stereocenters. The second kappa shape index (κ2) is 10.5. The average molecular weight is 397 g/mol. The number of imidazole rings is 1. The van der Waals surface area contributed by atoms with Crippen LogP contribution in [-0.4, -0.2) is 68.9 Å². The van der Waals surface area contributed by atoms with Crippen LogP contribution in [0.3, 0.4) is 0 Å². The molecule has 0 saturated heterocycles. The number of benzene rings is 1. The number of pyridine rings is 1. The van der Waals surface area contributed by atoms with Gasteiger partial charge < -0.3 is 14.0 Å². The van der Waals surface area contributed by atoms with E-state index in [1.807, 2.05) is 45.0 Å². The van der Waals surface area contributed by atoms with Gasteiger partial charge in [-0.1, -0.05) is 6.07 Å². The van der Waals surface area contributed by atoms with Crippen LogP contribution in [-0.2, 0) is 21.7 Å². The molecule has 0 aliphatic carbocycles. The molecule has 8 heteroatoms. The quantitative estimate of drug-likeness (QED) is 0.359. The second-order valence-electron chi connectivity index (χ2n) is 5.98. The number of aromatic amines is 1. The van der Waals surface area contributed by atoms with Crippen LogP contribution in [0.2, 0.25) is 0 Å². The number of ether oxygens (including phenoxy) is 2. The molecule has 6 nitrogen and oxygen atoms in total. The van der Waals surface area contributed by atoms with E-state index in [4.69, 9.17) is 9.47 Å². The standard InChI is InChI=1S/C19H23N3O3S.Na.H/c1-4-24-9-10-25-18-7-8-20-17(14(18)3)12-26(23)19-21-15-6-5-13(2)11-16(15)22-19;;/h5-8,11H,4,9-10,12H2,1-3H3,(H,21,22);;. The van der Waals surface area contributed by atoms with E-state index in [0.717, 1.165) is 33.6 Å². The van der Waals surface area contributed by atoms with Gasteiger partial charge in [-0.05, 0) is 44.5 Å². The molecule has 0 amide bonds. The monoisotopic (exact) mass is 397 g/mol. The zero-order valence-electron chi connectivity index (χ0n) is 15.2. The number of fused-ring (bicyclic) bond motifs is 1. The maximum atomic E-state index is 12.7. The second-order valence-corrected chi connectivity index (χ2v) is 7.35. The molecule has 0 bridgehead atoms. The zero-order chi connectivity index (χ0) is 18.5. The molecule has 0 spiro atoms. The Balaban J connectivity index is 0.00000261. The Bertz CT molecular complexity index is 888. The van der Waals surface area contributed by atoms with Crippen molar-refractivity contribution in [1.29, 1.82) is 0 Å². The van der Waals surface area contributed by atoms with Crippen molar-refractivity contribution in [1.82, 2.24) is 15.0 Å². The van der Waals surface area contributed by atoms with E-state index in [9.17, 15) is 4.55 Å². The predicted molar refractivity (Wildman–Crippen MR) is 109 cm³/mol. The molecule has 140 valence electrons. The fraction of sp³-hybridized carbons (Fsp3) is 0.368. The van der Waals surface area contributed by atoms with Crippen molar-refractivity contribution in [2.24, 2.45) is 0 Å². The van der Waals surface area contributed by atoms with E-state index in [1.165, 1.54) is 0 Å². The Hall–Kier alpha value is -1.09. The molecule has 0 aliphatic rings. The van der Waals surface area contributed by atoms with Gasteiger partial charge in [-0.25, -0.2) is 0 Å². The summed E-state index contributed by atoms with van der Waals surface area (Å²) in [7, 11) is 0. The topological polar surface area (TPSA) is 83.1 Å². The minimum absolute atomic E-state index is 0. The van der Waals surface area contributed by atoms with Gasteiger partial charge in [-0.3, -0.25) is 9.97 Å². The number of aromatic nitrogens is 3. The van der Waals surface area contributed by atoms with E-state index >= 15 is 0 Å². The maximum absolute atomic E-state index is 12.7. The first-order valence-corrected chi connectivity index (χ1v) is 9.90. The van der Waals surface area contributed by atoms with Gasteiger partial charge in [0.05, 0.1) is 23.3 Å². The molecule has 0 saturated carbocycles. The van der Waals surface area contributed by atoms with E-state index in [-0.39, 0.29) is 35.3 Å². The first-order chi connectivity index (χ1) is 12.6. The van der Waals surface area contributed by atoms with E-state index in [2.05, 4.69) is 15.0 Å². The van der Waals surface area contributed by atoms with Gasteiger partial charge in [0.1, 0.15) is 12.4 Å². The first kappa shape index (κ1) is 22.2. The molecule has 2 heterocycles. The third-order valence-electron chi connectivity index (χ3n) is 4.05. The molecule has 27 heavy (non-hydrogen) atoms. The Morgan fingerprint density at radius 1 is 1.19 bits per heavy atom. The summed E-state index contributed by atoms with van der Waals surface area (Å²) in [4.78, 5) is 12.0. The van der Waals surface area contributed by atoms with Gasteiger partial charge >= 0.3 is 34.7 Å². The molecule has 1 N–H and O–H groups in total. The summed E-state index contributed by atoms with van der Waals surface area (Å²) < 4.78 is 23.8. The van der Waals surface area contributed by atoms with E-state index in [1.54, 1.807) is 6.20 Å². The molecule has 2 aromatic heterocycles. The van der Waals surface area contributed by atoms with Gasteiger partial charge in [0.25, 0.3) is 0 Å². The molecule has 1 atom stereocenters. The molecule has 0 fully saturated rings. The number of aryl methyl sites for hydroxylation is 1. The molecular formula is C19H24N3NaO3S. The SMILES string of the molecule is CCOCCOc1ccnc(C[S+]([O-])c2nc3cc(C)ccc3[nH]2)c1C.[NaH]. The summed E-state index contributed by atoms with van der Waals surface area (Å²) in [6.07, 6.45) is 1.68. The number of nitrogens with zero attached hydrogens (tertiary/aromatic N) is 2. The van der Waals surface area contributed by atoms with Crippen LogP contribution in [0, 0.1) is 13.8 Å². The molecule has 0 radical (unpaired) electrons. The van der Waals surface area contributed by atoms with E-state index in [0.29, 0.717) is 25.0 Å². The first-order valence-electron chi connectivity index (χ1n) is 8.58. The van der Waals surface area contributed by atoms with E-state index < -0.39 is 11.2 Å². The van der Waals surface area contributed by atoms with Crippen molar-refractivity contribution in [2.45, 2.75) is 31.7 Å². The van der Waals surface area contributed by atoms with Crippen LogP contribution in [0.5, 0.6) is 5.75 Å². The van der Waals surface area contributed by atoms with Gasteiger partial charge in [0.2, 0.25) is 0 Å². The molecule has 3 aromatic rings. The number of rotatable bonds is 8. The fourth-order valence-corrected chi connectivity index (χ4v) is 3.71. The average Bonchev–Trinajstić information content (AvgIpc) is 3.05. The van der Waals surface area contributed by atoms with Gasteiger partial charge in [0.15, 0.2) is 5.75 Å².